The highest BCUT2D eigenvalue weighted by molar-refractivity contribution is 6.00. The van der Waals surface area contributed by atoms with Crippen molar-refractivity contribution < 1.29 is 0 Å². The monoisotopic (exact) mass is 303 g/mol. The highest BCUT2D eigenvalue weighted by Gasteiger charge is 2.09. The third kappa shape index (κ3) is 7.61. The molecule has 1 aliphatic carbocycles. The topological polar surface area (TPSA) is 12.4 Å². The molecule has 0 bridgehead atoms. The third-order valence-corrected chi connectivity index (χ3v) is 5.29. The third-order valence-electron chi connectivity index (χ3n) is 5.29. The van der Waals surface area contributed by atoms with Gasteiger partial charge >= 0.3 is 0 Å². The molecule has 0 amide bonds. The van der Waals surface area contributed by atoms with E-state index in [4.69, 9.17) is 4.99 Å². The van der Waals surface area contributed by atoms with Crippen LogP contribution in [0.2, 0.25) is 0 Å². The van der Waals surface area contributed by atoms with Gasteiger partial charge in [-0.15, -0.1) is 0 Å². The molecule has 2 rings (SSSR count). The standard InChI is InChI=1S/C21H37N/c1-2-5-9-13-17-20(16-12-8-4-1)21-18-14-10-6-3-7-11-15-19-22-21/h16H,1-15,17-19H2/b20-16+,22-21?. The van der Waals surface area contributed by atoms with Crippen LogP contribution >= 0.6 is 0 Å². The van der Waals surface area contributed by atoms with Crippen LogP contribution in [0.1, 0.15) is 109 Å². The first-order chi connectivity index (χ1) is 11.0. The number of rotatable bonds is 1. The van der Waals surface area contributed by atoms with Crippen molar-refractivity contribution in [3.05, 3.63) is 11.6 Å². The zero-order valence-electron chi connectivity index (χ0n) is 14.8. The van der Waals surface area contributed by atoms with E-state index < -0.39 is 0 Å². The molecule has 1 aliphatic heterocycles. The summed E-state index contributed by atoms with van der Waals surface area (Å²) in [4.78, 5) is 5.05. The Kier molecular flexibility index (Phi) is 9.61. The molecule has 1 heterocycles. The molecule has 1 heteroatoms. The van der Waals surface area contributed by atoms with Gasteiger partial charge < -0.3 is 0 Å². The summed E-state index contributed by atoms with van der Waals surface area (Å²) in [6.45, 7) is 1.08. The van der Waals surface area contributed by atoms with E-state index in [0.29, 0.717) is 0 Å². The lowest BCUT2D eigenvalue weighted by molar-refractivity contribution is 0.588. The van der Waals surface area contributed by atoms with Crippen molar-refractivity contribution in [3.63, 3.8) is 0 Å². The fourth-order valence-corrected chi connectivity index (χ4v) is 3.83. The van der Waals surface area contributed by atoms with Gasteiger partial charge in [-0.05, 0) is 50.5 Å². The van der Waals surface area contributed by atoms with E-state index in [2.05, 4.69) is 6.08 Å². The lowest BCUT2D eigenvalue weighted by Crippen LogP contribution is -2.05. The maximum Gasteiger partial charge on any atom is 0.0392 e. The minimum atomic E-state index is 1.08. The maximum absolute atomic E-state index is 5.05. The lowest BCUT2D eigenvalue weighted by atomic mass is 9.97. The Morgan fingerprint density at radius 1 is 0.545 bits per heavy atom. The average Bonchev–Trinajstić information content (AvgIpc) is 2.64. The van der Waals surface area contributed by atoms with Gasteiger partial charge in [0.15, 0.2) is 0 Å². The number of hydrogen-bond donors (Lipinski definition) is 0. The Bertz CT molecular complexity index is 306. The first-order valence-electron chi connectivity index (χ1n) is 10.2. The fraction of sp³-hybridized carbons (Fsp3) is 0.857. The highest BCUT2D eigenvalue weighted by Crippen LogP contribution is 2.21. The van der Waals surface area contributed by atoms with E-state index in [9.17, 15) is 0 Å². The van der Waals surface area contributed by atoms with Crippen molar-refractivity contribution in [1.29, 1.82) is 0 Å². The minimum Gasteiger partial charge on any atom is -0.289 e. The normalized spacial score (nSPS) is 26.7. The summed E-state index contributed by atoms with van der Waals surface area (Å²) >= 11 is 0. The summed E-state index contributed by atoms with van der Waals surface area (Å²) in [5, 5.41) is 0. The second-order valence-corrected chi connectivity index (χ2v) is 7.30. The lowest BCUT2D eigenvalue weighted by Gasteiger charge is -2.12. The minimum absolute atomic E-state index is 1.08. The van der Waals surface area contributed by atoms with Crippen LogP contribution in [-0.2, 0) is 0 Å². The molecule has 0 N–H and O–H groups in total. The van der Waals surface area contributed by atoms with Crippen LogP contribution in [0.25, 0.3) is 0 Å². The Morgan fingerprint density at radius 2 is 1.09 bits per heavy atom. The summed E-state index contributed by atoms with van der Waals surface area (Å²) < 4.78 is 0. The van der Waals surface area contributed by atoms with Crippen molar-refractivity contribution in [3.8, 4) is 0 Å². The number of nitrogens with zero attached hydrogens (tertiary/aromatic N) is 1. The fourth-order valence-electron chi connectivity index (χ4n) is 3.83. The van der Waals surface area contributed by atoms with E-state index in [1.165, 1.54) is 115 Å². The van der Waals surface area contributed by atoms with E-state index in [1.807, 2.05) is 0 Å². The number of allylic oxidation sites excluding steroid dienone is 2. The molecule has 0 aromatic rings. The zero-order valence-corrected chi connectivity index (χ0v) is 14.8. The highest BCUT2D eigenvalue weighted by atomic mass is 14.7. The quantitative estimate of drug-likeness (QED) is 0.494. The van der Waals surface area contributed by atoms with E-state index in [1.54, 1.807) is 5.57 Å². The largest absolute Gasteiger partial charge is 0.289 e. The second-order valence-electron chi connectivity index (χ2n) is 7.30. The SMILES string of the molecule is C1=C(/C2=NCCCCCCCCC2)CCCCCCCCC/1. The number of hydrogen-bond acceptors (Lipinski definition) is 1. The van der Waals surface area contributed by atoms with Crippen molar-refractivity contribution in [2.24, 2.45) is 4.99 Å². The van der Waals surface area contributed by atoms with Gasteiger partial charge in [-0.2, -0.15) is 0 Å². The van der Waals surface area contributed by atoms with Gasteiger partial charge in [0.1, 0.15) is 0 Å². The van der Waals surface area contributed by atoms with Gasteiger partial charge in [-0.1, -0.05) is 70.3 Å². The first-order valence-corrected chi connectivity index (χ1v) is 10.2. The van der Waals surface area contributed by atoms with Gasteiger partial charge in [0.2, 0.25) is 0 Å². The molecule has 0 spiro atoms. The Labute approximate surface area is 138 Å². The van der Waals surface area contributed by atoms with Gasteiger partial charge in [0.05, 0.1) is 0 Å². The van der Waals surface area contributed by atoms with Crippen molar-refractivity contribution in [2.75, 3.05) is 6.54 Å². The summed E-state index contributed by atoms with van der Waals surface area (Å²) in [5.41, 5.74) is 3.11. The van der Waals surface area contributed by atoms with E-state index >= 15 is 0 Å². The molecular weight excluding hydrogens is 266 g/mol. The Morgan fingerprint density at radius 3 is 1.82 bits per heavy atom. The van der Waals surface area contributed by atoms with Gasteiger partial charge in [0.25, 0.3) is 0 Å². The molecule has 0 fully saturated rings. The predicted molar refractivity (Wildman–Crippen MR) is 98.9 cm³/mol. The molecule has 0 aromatic carbocycles. The summed E-state index contributed by atoms with van der Waals surface area (Å²) in [7, 11) is 0. The van der Waals surface area contributed by atoms with Gasteiger partial charge in [-0.25, -0.2) is 0 Å². The molecule has 126 valence electrons. The molecule has 22 heavy (non-hydrogen) atoms. The van der Waals surface area contributed by atoms with E-state index in [0.717, 1.165) is 6.54 Å². The van der Waals surface area contributed by atoms with Gasteiger partial charge in [-0.3, -0.25) is 4.99 Å². The molecule has 0 atom stereocenters. The summed E-state index contributed by atoms with van der Waals surface area (Å²) in [5.74, 6) is 0. The summed E-state index contributed by atoms with van der Waals surface area (Å²) in [6.07, 6.45) is 26.1. The van der Waals surface area contributed by atoms with Gasteiger partial charge in [0, 0.05) is 12.3 Å². The van der Waals surface area contributed by atoms with Crippen LogP contribution in [0.4, 0.5) is 0 Å². The Hall–Kier alpha value is -0.590. The molecule has 2 aliphatic rings. The predicted octanol–water partition coefficient (Wildman–Crippen LogP) is 7.01. The van der Waals surface area contributed by atoms with Crippen molar-refractivity contribution >= 4 is 5.71 Å². The molecule has 0 saturated carbocycles. The van der Waals surface area contributed by atoms with Crippen LogP contribution in [0.5, 0.6) is 0 Å². The molecule has 0 saturated heterocycles. The zero-order chi connectivity index (χ0) is 15.3. The molecule has 0 aromatic heterocycles. The van der Waals surface area contributed by atoms with Crippen LogP contribution in [-0.4, -0.2) is 12.3 Å². The summed E-state index contributed by atoms with van der Waals surface area (Å²) in [6, 6.07) is 0. The molecular formula is C21H37N. The molecule has 0 radical (unpaired) electrons. The average molecular weight is 304 g/mol. The Balaban J connectivity index is 1.97. The molecule has 1 nitrogen and oxygen atoms in total. The van der Waals surface area contributed by atoms with Crippen LogP contribution in [0.3, 0.4) is 0 Å². The van der Waals surface area contributed by atoms with Crippen LogP contribution in [0, 0.1) is 0 Å². The molecule has 0 unspecified atom stereocenters. The smallest absolute Gasteiger partial charge is 0.0392 e. The number of aliphatic imine (C=N–C) groups is 1. The van der Waals surface area contributed by atoms with E-state index in [-0.39, 0.29) is 0 Å². The van der Waals surface area contributed by atoms with Crippen LogP contribution in [0.15, 0.2) is 16.6 Å². The first kappa shape index (κ1) is 17.8. The second kappa shape index (κ2) is 11.9. The maximum atomic E-state index is 5.05. The van der Waals surface area contributed by atoms with Crippen molar-refractivity contribution in [2.45, 2.75) is 109 Å². The van der Waals surface area contributed by atoms with Crippen molar-refractivity contribution in [1.82, 2.24) is 0 Å². The van der Waals surface area contributed by atoms with Crippen LogP contribution < -0.4 is 0 Å².